The summed E-state index contributed by atoms with van der Waals surface area (Å²) in [7, 11) is 1.37. The maximum Gasteiger partial charge on any atom is 0.311 e. The highest BCUT2D eigenvalue weighted by molar-refractivity contribution is 5.72. The number of hydrogen-bond acceptors (Lipinski definition) is 3. The van der Waals surface area contributed by atoms with Gasteiger partial charge in [-0.3, -0.25) is 4.79 Å². The summed E-state index contributed by atoms with van der Waals surface area (Å²) in [6.45, 7) is 8.19. The predicted molar refractivity (Wildman–Crippen MR) is 74.2 cm³/mol. The summed E-state index contributed by atoms with van der Waals surface area (Å²) >= 11 is 0. The van der Waals surface area contributed by atoms with Gasteiger partial charge in [-0.2, -0.15) is 0 Å². The highest BCUT2D eigenvalue weighted by atomic mass is 16.5. The molecule has 0 aliphatic rings. The Morgan fingerprint density at radius 1 is 1.39 bits per heavy atom. The number of aliphatic hydroxyl groups is 1. The van der Waals surface area contributed by atoms with E-state index in [-0.39, 0.29) is 11.9 Å². The van der Waals surface area contributed by atoms with Crippen molar-refractivity contribution < 1.29 is 14.6 Å². The number of carbonyl (C=O) groups excluding carboxylic acids is 1. The molecule has 0 radical (unpaired) electrons. The number of methoxy groups -OCH3 is 1. The first-order chi connectivity index (χ1) is 8.42. The second-order valence-corrected chi connectivity index (χ2v) is 5.30. The van der Waals surface area contributed by atoms with Crippen LogP contribution in [0.2, 0.25) is 0 Å². The van der Waals surface area contributed by atoms with Crippen molar-refractivity contribution in [2.75, 3.05) is 7.11 Å². The van der Waals surface area contributed by atoms with Crippen LogP contribution in [0, 0.1) is 11.8 Å². The van der Waals surface area contributed by atoms with Gasteiger partial charge in [0, 0.05) is 0 Å². The summed E-state index contributed by atoms with van der Waals surface area (Å²) in [6, 6.07) is 0. The number of carbonyl (C=O) groups is 1. The van der Waals surface area contributed by atoms with Gasteiger partial charge in [-0.05, 0) is 45.4 Å². The molecular formula is C15H28O3. The zero-order valence-electron chi connectivity index (χ0n) is 12.4. The highest BCUT2D eigenvalue weighted by Gasteiger charge is 2.26. The molecule has 106 valence electrons. The zero-order valence-corrected chi connectivity index (χ0v) is 12.4. The third kappa shape index (κ3) is 6.80. The molecule has 0 saturated carbocycles. The van der Waals surface area contributed by atoms with Crippen LogP contribution in [0.5, 0.6) is 0 Å². The van der Waals surface area contributed by atoms with Gasteiger partial charge < -0.3 is 9.84 Å². The average molecular weight is 256 g/mol. The van der Waals surface area contributed by atoms with Crippen LogP contribution in [0.15, 0.2) is 11.6 Å². The summed E-state index contributed by atoms with van der Waals surface area (Å²) in [5.41, 5.74) is 1.32. The average Bonchev–Trinajstić information content (AvgIpc) is 2.28. The van der Waals surface area contributed by atoms with E-state index >= 15 is 0 Å². The van der Waals surface area contributed by atoms with Gasteiger partial charge in [0.2, 0.25) is 0 Å². The molecule has 18 heavy (non-hydrogen) atoms. The lowest BCUT2D eigenvalue weighted by Gasteiger charge is -2.22. The molecule has 0 saturated heterocycles. The largest absolute Gasteiger partial charge is 0.469 e. The molecule has 1 N–H and O–H groups in total. The maximum atomic E-state index is 11.5. The minimum Gasteiger partial charge on any atom is -0.469 e. The van der Waals surface area contributed by atoms with Crippen molar-refractivity contribution in [3.63, 3.8) is 0 Å². The normalized spacial score (nSPS) is 15.7. The van der Waals surface area contributed by atoms with Crippen LogP contribution in [-0.4, -0.2) is 24.3 Å². The fraction of sp³-hybridized carbons (Fsp3) is 0.800. The monoisotopic (exact) mass is 256 g/mol. The molecule has 2 unspecified atom stereocenters. The van der Waals surface area contributed by atoms with Gasteiger partial charge in [-0.15, -0.1) is 0 Å². The van der Waals surface area contributed by atoms with E-state index in [4.69, 9.17) is 4.74 Å². The van der Waals surface area contributed by atoms with Crippen molar-refractivity contribution in [3.8, 4) is 0 Å². The van der Waals surface area contributed by atoms with Crippen molar-refractivity contribution in [1.82, 2.24) is 0 Å². The number of esters is 1. The smallest absolute Gasteiger partial charge is 0.311 e. The Kier molecular flexibility index (Phi) is 8.73. The van der Waals surface area contributed by atoms with Gasteiger partial charge in [0.1, 0.15) is 0 Å². The van der Waals surface area contributed by atoms with Crippen molar-refractivity contribution in [1.29, 1.82) is 0 Å². The predicted octanol–water partition coefficient (Wildman–Crippen LogP) is 3.32. The standard InChI is InChI=1S/C15H28O3/c1-6-13(15(17)18-5)14(16)10-12(4)9-7-8-11(2)3/h8,12-14,16H,6-7,9-10H2,1-5H3/t12-,13?,14?/m1/s1. The summed E-state index contributed by atoms with van der Waals surface area (Å²) in [5.74, 6) is -0.281. The molecule has 0 aliphatic heterocycles. The molecule has 0 heterocycles. The Balaban J connectivity index is 4.15. The molecule has 0 aromatic carbocycles. The molecule has 3 nitrogen and oxygen atoms in total. The third-order valence-corrected chi connectivity index (χ3v) is 3.26. The van der Waals surface area contributed by atoms with Gasteiger partial charge >= 0.3 is 5.97 Å². The number of hydrogen-bond donors (Lipinski definition) is 1. The second kappa shape index (κ2) is 9.15. The summed E-state index contributed by atoms with van der Waals surface area (Å²) in [4.78, 5) is 11.5. The Hall–Kier alpha value is -0.830. The SMILES string of the molecule is CCC(C(=O)OC)C(O)C[C@H](C)CCC=C(C)C. The molecule has 0 aromatic rings. The molecule has 0 amide bonds. The summed E-state index contributed by atoms with van der Waals surface area (Å²) in [6.07, 6.45) is 4.97. The molecule has 0 aliphatic carbocycles. The zero-order chi connectivity index (χ0) is 14.1. The van der Waals surface area contributed by atoms with Crippen LogP contribution in [0.1, 0.15) is 53.4 Å². The lowest BCUT2D eigenvalue weighted by molar-refractivity contribution is -0.150. The van der Waals surface area contributed by atoms with Gasteiger partial charge in [0.05, 0.1) is 19.1 Å². The first-order valence-electron chi connectivity index (χ1n) is 6.81. The van der Waals surface area contributed by atoms with E-state index in [1.54, 1.807) is 0 Å². The van der Waals surface area contributed by atoms with Crippen LogP contribution in [0.25, 0.3) is 0 Å². The second-order valence-electron chi connectivity index (χ2n) is 5.30. The topological polar surface area (TPSA) is 46.5 Å². The molecular weight excluding hydrogens is 228 g/mol. The number of aliphatic hydroxyl groups excluding tert-OH is 1. The van der Waals surface area contributed by atoms with Crippen molar-refractivity contribution in [3.05, 3.63) is 11.6 Å². The quantitative estimate of drug-likeness (QED) is 0.535. The van der Waals surface area contributed by atoms with Crippen LogP contribution < -0.4 is 0 Å². The maximum absolute atomic E-state index is 11.5. The van der Waals surface area contributed by atoms with Crippen molar-refractivity contribution in [2.24, 2.45) is 11.8 Å². The lowest BCUT2D eigenvalue weighted by atomic mass is 9.89. The fourth-order valence-electron chi connectivity index (χ4n) is 2.10. The molecule has 0 aromatic heterocycles. The van der Waals surface area contributed by atoms with Gasteiger partial charge in [-0.25, -0.2) is 0 Å². The summed E-state index contributed by atoms with van der Waals surface area (Å²) < 4.78 is 4.71. The first-order valence-corrected chi connectivity index (χ1v) is 6.81. The van der Waals surface area contributed by atoms with Crippen LogP contribution >= 0.6 is 0 Å². The van der Waals surface area contributed by atoms with Crippen LogP contribution in [-0.2, 0) is 9.53 Å². The molecule has 3 atom stereocenters. The Morgan fingerprint density at radius 2 is 2.00 bits per heavy atom. The molecule has 0 spiro atoms. The molecule has 0 bridgehead atoms. The number of rotatable bonds is 8. The van der Waals surface area contributed by atoms with Crippen LogP contribution in [0.3, 0.4) is 0 Å². The minimum atomic E-state index is -0.593. The highest BCUT2D eigenvalue weighted by Crippen LogP contribution is 2.21. The number of allylic oxidation sites excluding steroid dienone is 2. The van der Waals surface area contributed by atoms with Crippen LogP contribution in [0.4, 0.5) is 0 Å². The molecule has 0 rings (SSSR count). The van der Waals surface area contributed by atoms with E-state index < -0.39 is 6.10 Å². The number of ether oxygens (including phenoxy) is 1. The van der Waals surface area contributed by atoms with E-state index in [1.807, 2.05) is 6.92 Å². The minimum absolute atomic E-state index is 0.304. The fourth-order valence-corrected chi connectivity index (χ4v) is 2.10. The molecule has 0 fully saturated rings. The van der Waals surface area contributed by atoms with E-state index in [2.05, 4.69) is 26.8 Å². The third-order valence-electron chi connectivity index (χ3n) is 3.26. The van der Waals surface area contributed by atoms with Crippen molar-refractivity contribution in [2.45, 2.75) is 59.5 Å². The van der Waals surface area contributed by atoms with E-state index in [0.717, 1.165) is 12.8 Å². The van der Waals surface area contributed by atoms with Crippen molar-refractivity contribution >= 4 is 5.97 Å². The molecule has 3 heteroatoms. The lowest BCUT2D eigenvalue weighted by Crippen LogP contribution is -2.30. The van der Waals surface area contributed by atoms with E-state index in [9.17, 15) is 9.90 Å². The first kappa shape index (κ1) is 17.2. The van der Waals surface area contributed by atoms with Gasteiger partial charge in [0.25, 0.3) is 0 Å². The van der Waals surface area contributed by atoms with Gasteiger partial charge in [0.15, 0.2) is 0 Å². The Morgan fingerprint density at radius 3 is 2.44 bits per heavy atom. The summed E-state index contributed by atoms with van der Waals surface area (Å²) in [5, 5.41) is 10.1. The Bertz CT molecular complexity index is 267. The van der Waals surface area contributed by atoms with Gasteiger partial charge in [-0.1, -0.05) is 25.5 Å². The van der Waals surface area contributed by atoms with E-state index in [1.165, 1.54) is 12.7 Å². The van der Waals surface area contributed by atoms with E-state index in [0.29, 0.717) is 18.8 Å². The Labute approximate surface area is 111 Å².